The number of hydrogen-bond donors (Lipinski definition) is 3. The van der Waals surface area contributed by atoms with Gasteiger partial charge in [-0.1, -0.05) is 29.6 Å². The van der Waals surface area contributed by atoms with Crippen molar-refractivity contribution in [2.24, 2.45) is 5.73 Å². The first-order valence-electron chi connectivity index (χ1n) is 6.18. The number of carboxylic acids is 1. The second kappa shape index (κ2) is 8.09. The average Bonchev–Trinajstić information content (AvgIpc) is 2.38. The van der Waals surface area contributed by atoms with Gasteiger partial charge in [0, 0.05) is 6.42 Å². The van der Waals surface area contributed by atoms with Crippen LogP contribution in [0.15, 0.2) is 12.1 Å². The molecule has 1 aromatic carbocycles. The second-order valence-corrected chi connectivity index (χ2v) is 5.08. The normalized spacial score (nSPS) is 10.3. The molecule has 1 amide bonds. The predicted molar refractivity (Wildman–Crippen MR) is 79.6 cm³/mol. The Labute approximate surface area is 127 Å². The Bertz CT molecular complexity index is 483. The van der Waals surface area contributed by atoms with Gasteiger partial charge in [-0.3, -0.25) is 4.79 Å². The first kappa shape index (κ1) is 16.8. The van der Waals surface area contributed by atoms with E-state index in [9.17, 15) is 9.59 Å². The first-order chi connectivity index (χ1) is 9.45. The summed E-state index contributed by atoms with van der Waals surface area (Å²) in [6.07, 6.45) is 2.82. The fourth-order valence-corrected chi connectivity index (χ4v) is 2.21. The minimum Gasteiger partial charge on any atom is -0.478 e. The molecule has 0 spiro atoms. The standard InChI is InChI=1S/C13H16Cl2N2O3/c14-9-6-8(13(19)20)7-10(15)12(9)17-11(18)4-2-1-3-5-16/h6-7H,1-5,16H2,(H,17,18)(H,19,20). The number of benzene rings is 1. The van der Waals surface area contributed by atoms with Crippen molar-refractivity contribution in [3.05, 3.63) is 27.7 Å². The summed E-state index contributed by atoms with van der Waals surface area (Å²) < 4.78 is 0. The van der Waals surface area contributed by atoms with Crippen molar-refractivity contribution >= 4 is 40.8 Å². The van der Waals surface area contributed by atoms with Crippen LogP contribution in [-0.4, -0.2) is 23.5 Å². The Morgan fingerprint density at radius 3 is 2.25 bits per heavy atom. The van der Waals surface area contributed by atoms with Crippen molar-refractivity contribution in [1.29, 1.82) is 0 Å². The molecule has 0 heterocycles. The van der Waals surface area contributed by atoms with Crippen LogP contribution in [0.1, 0.15) is 36.0 Å². The highest BCUT2D eigenvalue weighted by Crippen LogP contribution is 2.32. The number of carbonyl (C=O) groups is 2. The van der Waals surface area contributed by atoms with Gasteiger partial charge in [0.1, 0.15) is 0 Å². The molecule has 0 aliphatic heterocycles. The van der Waals surface area contributed by atoms with Gasteiger partial charge in [0.15, 0.2) is 0 Å². The van der Waals surface area contributed by atoms with E-state index in [1.165, 1.54) is 12.1 Å². The molecule has 1 rings (SSSR count). The van der Waals surface area contributed by atoms with Gasteiger partial charge in [-0.2, -0.15) is 0 Å². The number of aromatic carboxylic acids is 1. The van der Waals surface area contributed by atoms with E-state index in [1.54, 1.807) is 0 Å². The van der Waals surface area contributed by atoms with Gasteiger partial charge < -0.3 is 16.2 Å². The van der Waals surface area contributed by atoms with Crippen LogP contribution in [0, 0.1) is 0 Å². The molecule has 0 bridgehead atoms. The molecule has 0 fully saturated rings. The molecule has 0 saturated carbocycles. The zero-order chi connectivity index (χ0) is 15.1. The number of anilines is 1. The van der Waals surface area contributed by atoms with Gasteiger partial charge in [-0.15, -0.1) is 0 Å². The highest BCUT2D eigenvalue weighted by atomic mass is 35.5. The molecule has 0 aromatic heterocycles. The Morgan fingerprint density at radius 1 is 1.15 bits per heavy atom. The SMILES string of the molecule is NCCCCCC(=O)Nc1c(Cl)cc(C(=O)O)cc1Cl. The summed E-state index contributed by atoms with van der Waals surface area (Å²) in [4.78, 5) is 22.5. The molecule has 0 aliphatic rings. The van der Waals surface area contributed by atoms with Crippen LogP contribution in [0.2, 0.25) is 10.0 Å². The molecule has 0 aliphatic carbocycles. The van der Waals surface area contributed by atoms with Crippen LogP contribution < -0.4 is 11.1 Å². The monoisotopic (exact) mass is 318 g/mol. The fourth-order valence-electron chi connectivity index (χ4n) is 1.62. The summed E-state index contributed by atoms with van der Waals surface area (Å²) in [6, 6.07) is 2.50. The summed E-state index contributed by atoms with van der Waals surface area (Å²) in [5.41, 5.74) is 5.58. The molecular weight excluding hydrogens is 303 g/mol. The maximum atomic E-state index is 11.7. The molecular formula is C13H16Cl2N2O3. The van der Waals surface area contributed by atoms with Crippen LogP contribution in [-0.2, 0) is 4.79 Å². The summed E-state index contributed by atoms with van der Waals surface area (Å²) >= 11 is 11.9. The van der Waals surface area contributed by atoms with Crippen LogP contribution in [0.25, 0.3) is 0 Å². The van der Waals surface area contributed by atoms with Crippen molar-refractivity contribution in [2.75, 3.05) is 11.9 Å². The number of halogens is 2. The molecule has 5 nitrogen and oxygen atoms in total. The Hall–Kier alpha value is -1.30. The maximum absolute atomic E-state index is 11.7. The molecule has 0 radical (unpaired) electrons. The number of unbranched alkanes of at least 4 members (excludes halogenated alkanes) is 2. The topological polar surface area (TPSA) is 92.4 Å². The Kier molecular flexibility index (Phi) is 6.78. The third-order valence-electron chi connectivity index (χ3n) is 2.66. The average molecular weight is 319 g/mol. The quantitative estimate of drug-likeness (QED) is 0.673. The van der Waals surface area contributed by atoms with Gasteiger partial charge in [0.2, 0.25) is 5.91 Å². The lowest BCUT2D eigenvalue weighted by molar-refractivity contribution is -0.116. The van der Waals surface area contributed by atoms with E-state index in [4.69, 9.17) is 34.0 Å². The first-order valence-corrected chi connectivity index (χ1v) is 6.93. The highest BCUT2D eigenvalue weighted by molar-refractivity contribution is 6.40. The van der Waals surface area contributed by atoms with Gasteiger partial charge in [0.25, 0.3) is 0 Å². The number of amides is 1. The number of carboxylic acid groups (broad SMARTS) is 1. The number of carbonyl (C=O) groups excluding carboxylic acids is 1. The van der Waals surface area contributed by atoms with Crippen LogP contribution in [0.4, 0.5) is 5.69 Å². The van der Waals surface area contributed by atoms with Crippen molar-refractivity contribution in [1.82, 2.24) is 0 Å². The zero-order valence-electron chi connectivity index (χ0n) is 10.8. The maximum Gasteiger partial charge on any atom is 0.335 e. The predicted octanol–water partition coefficient (Wildman–Crippen LogP) is 3.15. The van der Waals surface area contributed by atoms with E-state index in [-0.39, 0.29) is 27.2 Å². The van der Waals surface area contributed by atoms with Crippen LogP contribution in [0.3, 0.4) is 0 Å². The number of nitrogens with one attached hydrogen (secondary N) is 1. The van der Waals surface area contributed by atoms with Crippen LogP contribution >= 0.6 is 23.2 Å². The smallest absolute Gasteiger partial charge is 0.335 e. The zero-order valence-corrected chi connectivity index (χ0v) is 12.3. The van der Waals surface area contributed by atoms with E-state index in [1.807, 2.05) is 0 Å². The van der Waals surface area contributed by atoms with Crippen molar-refractivity contribution in [3.8, 4) is 0 Å². The largest absolute Gasteiger partial charge is 0.478 e. The lowest BCUT2D eigenvalue weighted by atomic mass is 10.1. The number of nitrogens with two attached hydrogens (primary N) is 1. The summed E-state index contributed by atoms with van der Waals surface area (Å²) in [7, 11) is 0. The lowest BCUT2D eigenvalue weighted by Crippen LogP contribution is -2.12. The summed E-state index contributed by atoms with van der Waals surface area (Å²) in [6.45, 7) is 0.607. The van der Waals surface area contributed by atoms with Crippen molar-refractivity contribution < 1.29 is 14.7 Å². The third-order valence-corrected chi connectivity index (χ3v) is 3.26. The van der Waals surface area contributed by atoms with Crippen molar-refractivity contribution in [3.63, 3.8) is 0 Å². The van der Waals surface area contributed by atoms with E-state index < -0.39 is 5.97 Å². The third kappa shape index (κ3) is 5.00. The van der Waals surface area contributed by atoms with Gasteiger partial charge in [-0.05, 0) is 31.5 Å². The van der Waals surface area contributed by atoms with E-state index in [2.05, 4.69) is 5.32 Å². The van der Waals surface area contributed by atoms with E-state index >= 15 is 0 Å². The molecule has 0 unspecified atom stereocenters. The van der Waals surface area contributed by atoms with Gasteiger partial charge >= 0.3 is 5.97 Å². The molecule has 4 N–H and O–H groups in total. The molecule has 0 atom stereocenters. The lowest BCUT2D eigenvalue weighted by Gasteiger charge is -2.10. The fraction of sp³-hybridized carbons (Fsp3) is 0.385. The Morgan fingerprint density at radius 2 is 1.75 bits per heavy atom. The second-order valence-electron chi connectivity index (χ2n) is 4.27. The number of hydrogen-bond acceptors (Lipinski definition) is 3. The molecule has 0 saturated heterocycles. The molecule has 110 valence electrons. The highest BCUT2D eigenvalue weighted by Gasteiger charge is 2.14. The Balaban J connectivity index is 2.68. The molecule has 7 heteroatoms. The molecule has 1 aromatic rings. The molecule has 20 heavy (non-hydrogen) atoms. The summed E-state index contributed by atoms with van der Waals surface area (Å²) in [5.74, 6) is -1.35. The van der Waals surface area contributed by atoms with Crippen molar-refractivity contribution in [2.45, 2.75) is 25.7 Å². The van der Waals surface area contributed by atoms with E-state index in [0.717, 1.165) is 19.3 Å². The van der Waals surface area contributed by atoms with Gasteiger partial charge in [0.05, 0.1) is 21.3 Å². The number of rotatable bonds is 7. The van der Waals surface area contributed by atoms with Gasteiger partial charge in [-0.25, -0.2) is 4.79 Å². The minimum atomic E-state index is -1.13. The van der Waals surface area contributed by atoms with E-state index in [0.29, 0.717) is 13.0 Å². The van der Waals surface area contributed by atoms with Crippen LogP contribution in [0.5, 0.6) is 0 Å². The summed E-state index contributed by atoms with van der Waals surface area (Å²) in [5, 5.41) is 11.7. The minimum absolute atomic E-state index is 0.0269.